The van der Waals surface area contributed by atoms with Gasteiger partial charge in [0, 0.05) is 17.9 Å². The van der Waals surface area contributed by atoms with Gasteiger partial charge in [-0.2, -0.15) is 0 Å². The van der Waals surface area contributed by atoms with E-state index in [9.17, 15) is 0 Å². The molecular weight excluding hydrogens is 182 g/mol. The van der Waals surface area contributed by atoms with Crippen LogP contribution >= 0.6 is 0 Å². The maximum absolute atomic E-state index is 2.57. The van der Waals surface area contributed by atoms with Gasteiger partial charge in [0.05, 0.1) is 0 Å². The first-order valence-electron chi connectivity index (χ1n) is 6.51. The molecule has 0 aromatic carbocycles. The van der Waals surface area contributed by atoms with Gasteiger partial charge in [-0.3, -0.25) is 0 Å². The Morgan fingerprint density at radius 1 is 1.20 bits per heavy atom. The number of nitrogens with zero attached hydrogens (tertiary/aromatic N) is 1. The van der Waals surface area contributed by atoms with Crippen molar-refractivity contribution in [2.24, 2.45) is 0 Å². The van der Waals surface area contributed by atoms with Crippen molar-refractivity contribution >= 4 is 0 Å². The van der Waals surface area contributed by atoms with Crippen molar-refractivity contribution in [3.05, 3.63) is 23.0 Å². The van der Waals surface area contributed by atoms with Crippen molar-refractivity contribution in [3.8, 4) is 0 Å². The summed E-state index contributed by atoms with van der Waals surface area (Å²) >= 11 is 0. The fourth-order valence-corrected chi connectivity index (χ4v) is 2.75. The molecule has 0 amide bonds. The van der Waals surface area contributed by atoms with E-state index < -0.39 is 0 Å². The Morgan fingerprint density at radius 3 is 2.80 bits per heavy atom. The van der Waals surface area contributed by atoms with E-state index in [0.29, 0.717) is 0 Å². The van der Waals surface area contributed by atoms with Crippen LogP contribution in [0.2, 0.25) is 0 Å². The lowest BCUT2D eigenvalue weighted by Gasteiger charge is -2.16. The number of unbranched alkanes of at least 4 members (excludes halogenated alkanes) is 2. The number of hydrogen-bond acceptors (Lipinski definition) is 0. The summed E-state index contributed by atoms with van der Waals surface area (Å²) in [4.78, 5) is 0. The van der Waals surface area contributed by atoms with Crippen molar-refractivity contribution in [1.82, 2.24) is 4.57 Å². The average Bonchev–Trinajstić information content (AvgIpc) is 2.56. The van der Waals surface area contributed by atoms with Gasteiger partial charge in [0.25, 0.3) is 0 Å². The fraction of sp³-hybridized carbons (Fsp3) is 0.714. The van der Waals surface area contributed by atoms with Crippen LogP contribution in [0.4, 0.5) is 0 Å². The molecule has 0 fully saturated rings. The minimum absolute atomic E-state index is 1.25. The zero-order chi connectivity index (χ0) is 10.7. The molecule has 1 nitrogen and oxygen atoms in total. The largest absolute Gasteiger partial charge is 0.349 e. The van der Waals surface area contributed by atoms with Crippen molar-refractivity contribution in [1.29, 1.82) is 0 Å². The molecule has 1 aliphatic carbocycles. The highest BCUT2D eigenvalue weighted by Gasteiger charge is 2.15. The van der Waals surface area contributed by atoms with Crippen LogP contribution in [0.3, 0.4) is 0 Å². The number of aromatic nitrogens is 1. The van der Waals surface area contributed by atoms with Crippen LogP contribution in [0.5, 0.6) is 0 Å². The Kier molecular flexibility index (Phi) is 3.50. The van der Waals surface area contributed by atoms with E-state index >= 15 is 0 Å². The second-order valence-corrected chi connectivity index (χ2v) is 4.82. The van der Waals surface area contributed by atoms with E-state index in [1.165, 1.54) is 57.2 Å². The zero-order valence-electron chi connectivity index (χ0n) is 10.2. The van der Waals surface area contributed by atoms with E-state index in [0.717, 1.165) is 0 Å². The molecule has 2 rings (SSSR count). The van der Waals surface area contributed by atoms with Crippen molar-refractivity contribution in [3.63, 3.8) is 0 Å². The normalized spacial score (nSPS) is 15.3. The molecule has 0 unspecified atom stereocenters. The van der Waals surface area contributed by atoms with Crippen LogP contribution < -0.4 is 0 Å². The van der Waals surface area contributed by atoms with Gasteiger partial charge in [0.2, 0.25) is 0 Å². The number of rotatable bonds is 4. The Balaban J connectivity index is 2.11. The van der Waals surface area contributed by atoms with Gasteiger partial charge >= 0.3 is 0 Å². The molecule has 0 radical (unpaired) electrons. The van der Waals surface area contributed by atoms with E-state index in [1.54, 1.807) is 11.3 Å². The molecule has 1 aliphatic rings. The Hall–Kier alpha value is -0.720. The second-order valence-electron chi connectivity index (χ2n) is 4.82. The minimum Gasteiger partial charge on any atom is -0.349 e. The minimum atomic E-state index is 1.25. The third-order valence-corrected chi connectivity index (χ3v) is 3.60. The third kappa shape index (κ3) is 2.27. The van der Waals surface area contributed by atoms with Crippen molar-refractivity contribution in [2.45, 2.75) is 65.3 Å². The molecule has 0 atom stereocenters. The molecule has 0 saturated carbocycles. The fourth-order valence-electron chi connectivity index (χ4n) is 2.75. The summed E-state index contributed by atoms with van der Waals surface area (Å²) in [6.45, 7) is 5.79. The molecule has 1 aromatic rings. The quantitative estimate of drug-likeness (QED) is 0.658. The first-order chi connectivity index (χ1) is 7.33. The maximum Gasteiger partial charge on any atom is 0.0224 e. The van der Waals surface area contributed by atoms with Gasteiger partial charge in [-0.15, -0.1) is 0 Å². The highest BCUT2D eigenvalue weighted by atomic mass is 15.0. The van der Waals surface area contributed by atoms with E-state index in [-0.39, 0.29) is 0 Å². The standard InChI is InChI=1S/C14H23N/c1-3-4-7-10-15-12(2)11-13-8-5-6-9-14(13)15/h11H,3-10H2,1-2H3. The van der Waals surface area contributed by atoms with Crippen LogP contribution in [0.1, 0.15) is 56.0 Å². The van der Waals surface area contributed by atoms with Crippen LogP contribution in [-0.2, 0) is 19.4 Å². The predicted molar refractivity (Wildman–Crippen MR) is 65.3 cm³/mol. The summed E-state index contributed by atoms with van der Waals surface area (Å²) in [5, 5.41) is 0. The van der Waals surface area contributed by atoms with Gasteiger partial charge in [0.1, 0.15) is 0 Å². The summed E-state index contributed by atoms with van der Waals surface area (Å²) in [7, 11) is 0. The Bertz CT molecular complexity index is 322. The van der Waals surface area contributed by atoms with Crippen molar-refractivity contribution in [2.75, 3.05) is 0 Å². The van der Waals surface area contributed by atoms with Gasteiger partial charge in [-0.1, -0.05) is 19.8 Å². The van der Waals surface area contributed by atoms with Crippen LogP contribution in [0, 0.1) is 6.92 Å². The number of hydrogen-bond donors (Lipinski definition) is 0. The SMILES string of the molecule is CCCCCn1c(C)cc2c1CCCC2. The van der Waals surface area contributed by atoms with E-state index in [4.69, 9.17) is 0 Å². The second kappa shape index (κ2) is 4.87. The van der Waals surface area contributed by atoms with Gasteiger partial charge in [0.15, 0.2) is 0 Å². The summed E-state index contributed by atoms with van der Waals surface area (Å²) < 4.78 is 2.57. The average molecular weight is 205 g/mol. The van der Waals surface area contributed by atoms with Crippen LogP contribution in [0.25, 0.3) is 0 Å². The van der Waals surface area contributed by atoms with Gasteiger partial charge < -0.3 is 4.57 Å². The Labute approximate surface area is 93.5 Å². The summed E-state index contributed by atoms with van der Waals surface area (Å²) in [6.07, 6.45) is 9.45. The Morgan fingerprint density at radius 2 is 2.00 bits per heavy atom. The highest BCUT2D eigenvalue weighted by Crippen LogP contribution is 2.25. The molecule has 0 spiro atoms. The van der Waals surface area contributed by atoms with E-state index in [2.05, 4.69) is 24.5 Å². The molecule has 0 aliphatic heterocycles. The monoisotopic (exact) mass is 205 g/mol. The van der Waals surface area contributed by atoms with Crippen LogP contribution in [0.15, 0.2) is 6.07 Å². The summed E-state index contributed by atoms with van der Waals surface area (Å²) in [5.74, 6) is 0. The maximum atomic E-state index is 2.57. The predicted octanol–water partition coefficient (Wildman–Crippen LogP) is 3.87. The lowest BCUT2D eigenvalue weighted by atomic mass is 9.98. The number of aryl methyl sites for hydroxylation is 2. The molecule has 0 saturated heterocycles. The molecule has 84 valence electrons. The topological polar surface area (TPSA) is 4.93 Å². The van der Waals surface area contributed by atoms with Crippen molar-refractivity contribution < 1.29 is 0 Å². The van der Waals surface area contributed by atoms with Gasteiger partial charge in [-0.25, -0.2) is 0 Å². The number of fused-ring (bicyclic) bond motifs is 1. The summed E-state index contributed by atoms with van der Waals surface area (Å²) in [5.41, 5.74) is 4.77. The molecular formula is C14H23N. The molecule has 0 N–H and O–H groups in total. The molecule has 0 bridgehead atoms. The molecule has 1 aromatic heterocycles. The third-order valence-electron chi connectivity index (χ3n) is 3.60. The van der Waals surface area contributed by atoms with Gasteiger partial charge in [-0.05, 0) is 50.7 Å². The molecule has 15 heavy (non-hydrogen) atoms. The molecule has 1 heterocycles. The lowest BCUT2D eigenvalue weighted by Crippen LogP contribution is -2.09. The summed E-state index contributed by atoms with van der Waals surface area (Å²) in [6, 6.07) is 2.42. The first-order valence-corrected chi connectivity index (χ1v) is 6.51. The smallest absolute Gasteiger partial charge is 0.0224 e. The zero-order valence-corrected chi connectivity index (χ0v) is 10.2. The van der Waals surface area contributed by atoms with E-state index in [1.807, 2.05) is 0 Å². The highest BCUT2D eigenvalue weighted by molar-refractivity contribution is 5.29. The lowest BCUT2D eigenvalue weighted by molar-refractivity contribution is 0.554. The first kappa shape index (κ1) is 10.8. The van der Waals surface area contributed by atoms with Crippen LogP contribution in [-0.4, -0.2) is 4.57 Å². The molecule has 1 heteroatoms.